The minimum absolute atomic E-state index is 0.0152. The van der Waals surface area contributed by atoms with Gasteiger partial charge >= 0.3 is 18.0 Å². The molecule has 37 heavy (non-hydrogen) atoms. The van der Waals surface area contributed by atoms with Gasteiger partial charge < -0.3 is 5.11 Å². The van der Waals surface area contributed by atoms with Gasteiger partial charge in [0.1, 0.15) is 5.69 Å². The number of sulfone groups is 1. The predicted octanol–water partition coefficient (Wildman–Crippen LogP) is 6.64. The van der Waals surface area contributed by atoms with Crippen molar-refractivity contribution in [3.8, 4) is 26.7 Å². The van der Waals surface area contributed by atoms with E-state index in [4.69, 9.17) is 11.6 Å². The number of rotatable bonds is 5. The van der Waals surface area contributed by atoms with Crippen LogP contribution in [-0.2, 0) is 15.4 Å². The van der Waals surface area contributed by atoms with Crippen LogP contribution in [0.4, 0.5) is 26.3 Å². The number of aliphatic hydroxyl groups is 1. The van der Waals surface area contributed by atoms with E-state index in [0.29, 0.717) is 16.5 Å². The lowest BCUT2D eigenvalue weighted by Crippen LogP contribution is -2.54. The zero-order valence-electron chi connectivity index (χ0n) is 18.5. The van der Waals surface area contributed by atoms with Gasteiger partial charge in [0.2, 0.25) is 0 Å². The van der Waals surface area contributed by atoms with E-state index in [2.05, 4.69) is 5.10 Å². The Kier molecular flexibility index (Phi) is 6.72. The highest BCUT2D eigenvalue weighted by Gasteiger charge is 2.73. The fourth-order valence-electron chi connectivity index (χ4n) is 3.50. The summed E-state index contributed by atoms with van der Waals surface area (Å²) >= 11 is 7.13. The van der Waals surface area contributed by atoms with Gasteiger partial charge in [0.15, 0.2) is 9.84 Å². The molecule has 0 bridgehead atoms. The van der Waals surface area contributed by atoms with Crippen LogP contribution in [0.3, 0.4) is 0 Å². The molecule has 0 aliphatic rings. The van der Waals surface area contributed by atoms with E-state index >= 15 is 0 Å². The maximum absolute atomic E-state index is 13.6. The van der Waals surface area contributed by atoms with Crippen LogP contribution in [0.1, 0.15) is 5.69 Å². The minimum atomic E-state index is -6.13. The van der Waals surface area contributed by atoms with Crippen LogP contribution in [0.25, 0.3) is 26.7 Å². The molecule has 0 spiro atoms. The number of benzene rings is 2. The van der Waals surface area contributed by atoms with Crippen LogP contribution in [0, 0.1) is 0 Å². The summed E-state index contributed by atoms with van der Waals surface area (Å²) in [6, 6.07) is 15.1. The van der Waals surface area contributed by atoms with Crippen molar-refractivity contribution in [3.63, 3.8) is 0 Å². The second-order valence-electron chi connectivity index (χ2n) is 7.95. The van der Waals surface area contributed by atoms with Crippen molar-refractivity contribution < 1.29 is 39.9 Å². The summed E-state index contributed by atoms with van der Waals surface area (Å²) in [5.74, 6) is 0. The predicted molar refractivity (Wildman–Crippen MR) is 126 cm³/mol. The van der Waals surface area contributed by atoms with Gasteiger partial charge in [-0.25, -0.2) is 13.1 Å². The van der Waals surface area contributed by atoms with Gasteiger partial charge in [-0.1, -0.05) is 35.9 Å². The molecule has 2 aromatic heterocycles. The lowest BCUT2D eigenvalue weighted by atomic mass is 9.98. The van der Waals surface area contributed by atoms with Crippen molar-refractivity contribution in [2.24, 2.45) is 0 Å². The molecule has 0 amide bonds. The van der Waals surface area contributed by atoms with E-state index < -0.39 is 33.5 Å². The summed E-state index contributed by atoms with van der Waals surface area (Å²) in [4.78, 5) is 0.699. The SMILES string of the molecule is CS(=O)(=O)c1cccc(-c2ccc(-c3cc(C(O)(C(F)(F)F)C(F)(F)F)nn3-c3ccccc3Cl)s2)c1. The van der Waals surface area contributed by atoms with Crippen molar-refractivity contribution in [1.82, 2.24) is 9.78 Å². The van der Waals surface area contributed by atoms with Crippen LogP contribution in [0.15, 0.2) is 71.6 Å². The first-order valence-electron chi connectivity index (χ1n) is 10.2. The van der Waals surface area contributed by atoms with Crippen LogP contribution in [0.5, 0.6) is 0 Å². The summed E-state index contributed by atoms with van der Waals surface area (Å²) < 4.78 is 106. The maximum atomic E-state index is 13.6. The molecule has 2 aromatic carbocycles. The van der Waals surface area contributed by atoms with Crippen molar-refractivity contribution in [2.75, 3.05) is 6.26 Å². The number of thiophene rings is 1. The average Bonchev–Trinajstić information content (AvgIpc) is 3.44. The molecule has 0 atom stereocenters. The fraction of sp³-hybridized carbons (Fsp3) is 0.174. The number of hydrogen-bond donors (Lipinski definition) is 1. The molecule has 0 unspecified atom stereocenters. The number of para-hydroxylation sites is 1. The van der Waals surface area contributed by atoms with Crippen LogP contribution in [0.2, 0.25) is 5.02 Å². The maximum Gasteiger partial charge on any atom is 0.432 e. The van der Waals surface area contributed by atoms with Crippen molar-refractivity contribution in [1.29, 1.82) is 0 Å². The summed E-state index contributed by atoms with van der Waals surface area (Å²) in [6.45, 7) is 0. The zero-order valence-corrected chi connectivity index (χ0v) is 20.9. The summed E-state index contributed by atoms with van der Waals surface area (Å²) in [5, 5.41) is 13.4. The topological polar surface area (TPSA) is 72.2 Å². The van der Waals surface area contributed by atoms with Crippen LogP contribution in [-0.4, -0.2) is 41.9 Å². The van der Waals surface area contributed by atoms with Gasteiger partial charge in [0.25, 0.3) is 0 Å². The Hall–Kier alpha value is -2.87. The van der Waals surface area contributed by atoms with Crippen LogP contribution < -0.4 is 0 Å². The molecule has 4 rings (SSSR count). The minimum Gasteiger partial charge on any atom is -0.368 e. The van der Waals surface area contributed by atoms with E-state index in [1.165, 1.54) is 54.6 Å². The molecule has 14 heteroatoms. The Morgan fingerprint density at radius 1 is 0.892 bits per heavy atom. The van der Waals surface area contributed by atoms with E-state index in [1.807, 2.05) is 0 Å². The summed E-state index contributed by atoms with van der Waals surface area (Å²) in [5.41, 5.74) is -6.69. The number of nitrogens with zero attached hydrogens (tertiary/aromatic N) is 2. The smallest absolute Gasteiger partial charge is 0.368 e. The normalized spacial score (nSPS) is 13.2. The van der Waals surface area contributed by atoms with Gasteiger partial charge in [0.05, 0.1) is 26.2 Å². The number of hydrogen-bond acceptors (Lipinski definition) is 5. The Labute approximate surface area is 215 Å². The second-order valence-corrected chi connectivity index (χ2v) is 11.5. The lowest BCUT2D eigenvalue weighted by Gasteiger charge is -2.30. The average molecular weight is 581 g/mol. The van der Waals surface area contributed by atoms with Gasteiger partial charge in [-0.05, 0) is 48.0 Å². The van der Waals surface area contributed by atoms with E-state index in [-0.39, 0.29) is 26.2 Å². The molecule has 0 saturated heterocycles. The van der Waals surface area contributed by atoms with Gasteiger partial charge in [0, 0.05) is 11.1 Å². The standard InChI is InChI=1S/C23H15ClF6N2O3S2/c1-37(34,35)14-6-4-5-13(11-14)18-9-10-19(36-18)17-12-20(21(33,22(25,26)27)23(28,29)30)31-32(17)16-8-3-2-7-15(16)24/h2-12,33H,1H3. The highest BCUT2D eigenvalue weighted by Crippen LogP contribution is 2.50. The number of aromatic nitrogens is 2. The molecule has 2 heterocycles. The molecular weight excluding hydrogens is 566 g/mol. The first kappa shape index (κ1) is 27.2. The highest BCUT2D eigenvalue weighted by molar-refractivity contribution is 7.90. The number of alkyl halides is 6. The molecule has 196 valence electrons. The fourth-order valence-corrected chi connectivity index (χ4v) is 5.39. The van der Waals surface area contributed by atoms with E-state index in [0.717, 1.165) is 22.3 Å². The quantitative estimate of drug-likeness (QED) is 0.269. The van der Waals surface area contributed by atoms with E-state index in [9.17, 15) is 39.9 Å². The zero-order chi connectivity index (χ0) is 27.4. The second kappa shape index (κ2) is 9.15. The Morgan fingerprint density at radius 2 is 1.51 bits per heavy atom. The first-order valence-corrected chi connectivity index (χ1v) is 13.2. The van der Waals surface area contributed by atoms with Gasteiger partial charge in [-0.3, -0.25) is 0 Å². The van der Waals surface area contributed by atoms with Crippen molar-refractivity contribution in [2.45, 2.75) is 22.8 Å². The molecule has 0 aliphatic carbocycles. The summed E-state index contributed by atoms with van der Waals surface area (Å²) in [6.07, 6.45) is -11.2. The molecule has 0 aliphatic heterocycles. The van der Waals surface area contributed by atoms with Crippen LogP contribution >= 0.6 is 22.9 Å². The molecule has 5 nitrogen and oxygen atoms in total. The Balaban J connectivity index is 1.93. The summed E-state index contributed by atoms with van der Waals surface area (Å²) in [7, 11) is -3.53. The monoisotopic (exact) mass is 580 g/mol. The third kappa shape index (κ3) is 4.88. The highest BCUT2D eigenvalue weighted by atomic mass is 35.5. The molecule has 1 N–H and O–H groups in total. The number of halogens is 7. The van der Waals surface area contributed by atoms with Gasteiger partial charge in [-0.15, -0.1) is 11.3 Å². The van der Waals surface area contributed by atoms with Gasteiger partial charge in [-0.2, -0.15) is 31.4 Å². The van der Waals surface area contributed by atoms with E-state index in [1.54, 1.807) is 6.07 Å². The molecule has 0 radical (unpaired) electrons. The largest absolute Gasteiger partial charge is 0.432 e. The van der Waals surface area contributed by atoms with Crippen molar-refractivity contribution >= 4 is 32.8 Å². The Morgan fingerprint density at radius 3 is 2.11 bits per heavy atom. The lowest BCUT2D eigenvalue weighted by molar-refractivity contribution is -0.377. The molecule has 0 fully saturated rings. The molecule has 0 saturated carbocycles. The molecular formula is C23H15ClF6N2O3S2. The third-order valence-corrected chi connectivity index (χ3v) is 7.97. The molecule has 4 aromatic rings. The first-order chi connectivity index (χ1) is 17.0. The third-order valence-electron chi connectivity index (χ3n) is 5.39. The Bertz CT molecular complexity index is 1560. The van der Waals surface area contributed by atoms with Crippen molar-refractivity contribution in [3.05, 3.63) is 77.4 Å².